The zero-order valence-electron chi connectivity index (χ0n) is 4.94. The minimum Gasteiger partial charge on any atom is -0.504 e. The Balaban J connectivity index is 3.31. The highest BCUT2D eigenvalue weighted by Gasteiger charge is 2.03. The molecule has 50 valence electrons. The number of benzene rings is 1. The summed E-state index contributed by atoms with van der Waals surface area (Å²) < 4.78 is 12.9. The number of hydrogen-bond donors (Lipinski definition) is 1. The Morgan fingerprint density at radius 1 is 1.50 bits per heavy atom. The van der Waals surface area contributed by atoms with E-state index >= 15 is 0 Å². The molecule has 0 saturated carbocycles. The average molecular weight is 248 g/mol. The van der Waals surface area contributed by atoms with E-state index in [9.17, 15) is 4.39 Å². The fraction of sp³-hybridized carbons (Fsp3) is 0. The summed E-state index contributed by atoms with van der Waals surface area (Å²) in [6.45, 7) is 0. The molecule has 1 aromatic carbocycles. The van der Waals surface area contributed by atoms with E-state index in [0.29, 0.717) is 9.03 Å². The molecule has 0 bridgehead atoms. The van der Waals surface area contributed by atoms with Crippen molar-refractivity contribution in [2.75, 3.05) is 0 Å². The van der Waals surface area contributed by atoms with Gasteiger partial charge in [0, 0.05) is 0 Å². The van der Waals surface area contributed by atoms with Gasteiger partial charge in [0.25, 0.3) is 0 Å². The molecule has 1 nitrogen and oxygen atoms in total. The Labute approximate surface area is 72.8 Å². The van der Waals surface area contributed by atoms with Gasteiger partial charge in [-0.25, -0.2) is 4.39 Å². The SMILES string of the molecule is [B]c1cc(F)c(O)c(I)c1. The number of rotatable bonds is 0. The van der Waals surface area contributed by atoms with Gasteiger partial charge in [-0.05, 0) is 28.7 Å². The Kier molecular flexibility index (Phi) is 2.18. The molecule has 0 aliphatic carbocycles. The Hall–Kier alpha value is -0.255. The van der Waals surface area contributed by atoms with Gasteiger partial charge in [-0.1, -0.05) is 11.5 Å². The van der Waals surface area contributed by atoms with Crippen LogP contribution < -0.4 is 5.46 Å². The first-order valence-corrected chi connectivity index (χ1v) is 3.62. The summed E-state index contributed by atoms with van der Waals surface area (Å²) in [6, 6.07) is 2.58. The van der Waals surface area contributed by atoms with Gasteiger partial charge in [-0.15, -0.1) is 0 Å². The number of phenolic OH excluding ortho intramolecular Hbond substituents is 1. The van der Waals surface area contributed by atoms with Gasteiger partial charge >= 0.3 is 0 Å². The standard InChI is InChI=1S/C6H3BFIO/c7-3-1-4(8)6(10)5(9)2-3/h1-2,10H. The second-order valence-corrected chi connectivity index (χ2v) is 3.00. The zero-order chi connectivity index (χ0) is 7.72. The number of hydrogen-bond acceptors (Lipinski definition) is 1. The molecule has 0 heterocycles. The van der Waals surface area contributed by atoms with Crippen LogP contribution in [0.2, 0.25) is 0 Å². The molecular formula is C6H3BFIO. The van der Waals surface area contributed by atoms with E-state index in [4.69, 9.17) is 13.0 Å². The van der Waals surface area contributed by atoms with E-state index in [1.807, 2.05) is 0 Å². The van der Waals surface area contributed by atoms with Gasteiger partial charge in [0.05, 0.1) is 3.57 Å². The molecule has 0 aromatic heterocycles. The Bertz CT molecular complexity index is 241. The summed E-state index contributed by atoms with van der Waals surface area (Å²) in [4.78, 5) is 0. The second kappa shape index (κ2) is 2.78. The maximum Gasteiger partial charge on any atom is 0.165 e. The number of halogens is 2. The van der Waals surface area contributed by atoms with E-state index < -0.39 is 5.82 Å². The lowest BCUT2D eigenvalue weighted by Crippen LogP contribution is -2.03. The molecular weight excluding hydrogens is 245 g/mol. The minimum absolute atomic E-state index is 0.319. The van der Waals surface area contributed by atoms with Crippen molar-refractivity contribution in [2.24, 2.45) is 0 Å². The average Bonchev–Trinajstić information content (AvgIpc) is 1.82. The fourth-order valence-corrected chi connectivity index (χ4v) is 1.20. The molecule has 1 rings (SSSR count). The molecule has 4 heteroatoms. The van der Waals surface area contributed by atoms with Crippen LogP contribution in [0.3, 0.4) is 0 Å². The van der Waals surface area contributed by atoms with Crippen molar-refractivity contribution in [3.63, 3.8) is 0 Å². The van der Waals surface area contributed by atoms with Crippen LogP contribution in [-0.4, -0.2) is 13.0 Å². The minimum atomic E-state index is -0.676. The highest BCUT2D eigenvalue weighted by atomic mass is 127. The molecule has 0 aliphatic rings. The van der Waals surface area contributed by atoms with Crippen molar-refractivity contribution in [1.29, 1.82) is 0 Å². The third-order valence-electron chi connectivity index (χ3n) is 1.04. The van der Waals surface area contributed by atoms with Crippen LogP contribution in [0.5, 0.6) is 5.75 Å². The molecule has 0 fully saturated rings. The molecule has 0 amide bonds. The summed E-state index contributed by atoms with van der Waals surface area (Å²) >= 11 is 1.81. The van der Waals surface area contributed by atoms with Crippen molar-refractivity contribution >= 4 is 35.9 Å². The van der Waals surface area contributed by atoms with Crippen LogP contribution in [0, 0.1) is 9.39 Å². The molecule has 0 aliphatic heterocycles. The second-order valence-electron chi connectivity index (χ2n) is 1.83. The third-order valence-corrected chi connectivity index (χ3v) is 1.86. The number of phenols is 1. The topological polar surface area (TPSA) is 20.2 Å². The summed E-state index contributed by atoms with van der Waals surface area (Å²) in [7, 11) is 5.27. The molecule has 1 N–H and O–H groups in total. The molecule has 1 aromatic rings. The molecule has 2 radical (unpaired) electrons. The van der Waals surface area contributed by atoms with E-state index in [-0.39, 0.29) is 5.75 Å². The first-order chi connectivity index (χ1) is 4.61. The summed E-state index contributed by atoms with van der Waals surface area (Å²) in [5.41, 5.74) is 0.319. The van der Waals surface area contributed by atoms with Crippen LogP contribution in [0.4, 0.5) is 4.39 Å². The Morgan fingerprint density at radius 3 is 2.60 bits per heavy atom. The van der Waals surface area contributed by atoms with Gasteiger partial charge in [-0.3, -0.25) is 0 Å². The lowest BCUT2D eigenvalue weighted by molar-refractivity contribution is 0.429. The molecule has 0 atom stereocenters. The smallest absolute Gasteiger partial charge is 0.165 e. The van der Waals surface area contributed by atoms with E-state index in [1.165, 1.54) is 6.07 Å². The van der Waals surface area contributed by atoms with Gasteiger partial charge in [0.2, 0.25) is 0 Å². The van der Waals surface area contributed by atoms with Crippen LogP contribution in [-0.2, 0) is 0 Å². The van der Waals surface area contributed by atoms with Gasteiger partial charge < -0.3 is 5.11 Å². The van der Waals surface area contributed by atoms with Crippen molar-refractivity contribution < 1.29 is 9.50 Å². The fourth-order valence-electron chi connectivity index (χ4n) is 0.585. The molecule has 0 spiro atoms. The normalized spacial score (nSPS) is 9.80. The van der Waals surface area contributed by atoms with Gasteiger partial charge in [0.15, 0.2) is 11.6 Å². The lowest BCUT2D eigenvalue weighted by Gasteiger charge is -1.99. The van der Waals surface area contributed by atoms with Crippen molar-refractivity contribution in [3.8, 4) is 5.75 Å². The molecule has 0 unspecified atom stereocenters. The monoisotopic (exact) mass is 248 g/mol. The van der Waals surface area contributed by atoms with E-state index in [0.717, 1.165) is 6.07 Å². The first-order valence-electron chi connectivity index (χ1n) is 2.54. The van der Waals surface area contributed by atoms with Crippen molar-refractivity contribution in [3.05, 3.63) is 21.5 Å². The van der Waals surface area contributed by atoms with Crippen LogP contribution in [0.1, 0.15) is 0 Å². The largest absolute Gasteiger partial charge is 0.504 e. The van der Waals surface area contributed by atoms with Crippen molar-refractivity contribution in [2.45, 2.75) is 0 Å². The van der Waals surface area contributed by atoms with E-state index in [2.05, 4.69) is 0 Å². The summed E-state index contributed by atoms with van der Waals surface area (Å²) in [6.07, 6.45) is 0. The predicted octanol–water partition coefficient (Wildman–Crippen LogP) is 0.930. The predicted molar refractivity (Wildman–Crippen MR) is 46.2 cm³/mol. The molecule has 0 saturated heterocycles. The van der Waals surface area contributed by atoms with Crippen LogP contribution >= 0.6 is 22.6 Å². The van der Waals surface area contributed by atoms with Gasteiger partial charge in [-0.2, -0.15) is 0 Å². The van der Waals surface area contributed by atoms with Crippen molar-refractivity contribution in [1.82, 2.24) is 0 Å². The maximum absolute atomic E-state index is 12.5. The zero-order valence-corrected chi connectivity index (χ0v) is 7.09. The third kappa shape index (κ3) is 1.42. The summed E-state index contributed by atoms with van der Waals surface area (Å²) in [5, 5.41) is 8.89. The summed E-state index contributed by atoms with van der Waals surface area (Å²) in [5.74, 6) is -1.01. The maximum atomic E-state index is 12.5. The highest BCUT2D eigenvalue weighted by molar-refractivity contribution is 14.1. The highest BCUT2D eigenvalue weighted by Crippen LogP contribution is 2.20. The van der Waals surface area contributed by atoms with Gasteiger partial charge in [0.1, 0.15) is 7.85 Å². The number of aromatic hydroxyl groups is 1. The van der Waals surface area contributed by atoms with Crippen LogP contribution in [0.15, 0.2) is 12.1 Å². The quantitative estimate of drug-likeness (QED) is 0.534. The van der Waals surface area contributed by atoms with Crippen LogP contribution in [0.25, 0.3) is 0 Å². The Morgan fingerprint density at radius 2 is 2.10 bits per heavy atom. The molecule has 10 heavy (non-hydrogen) atoms. The lowest BCUT2D eigenvalue weighted by atomic mass is 9.96. The van der Waals surface area contributed by atoms with E-state index in [1.54, 1.807) is 22.6 Å². The first kappa shape index (κ1) is 7.85.